The molecule has 0 aliphatic heterocycles. The number of hydrogen-bond acceptors (Lipinski definition) is 4. The van der Waals surface area contributed by atoms with Crippen molar-refractivity contribution in [1.29, 1.82) is 5.26 Å². The average molecular weight is 208 g/mol. The number of carbonyl (C=O) groups is 1. The standard InChI is InChI=1S/C10H9FN2O2/c1-15-10(14)8-3-6(4-12)2-7(5-13)9(8)11/h2-3H,5,13H2,1H3. The van der Waals surface area contributed by atoms with Gasteiger partial charge in [-0.25, -0.2) is 9.18 Å². The molecule has 0 aliphatic rings. The van der Waals surface area contributed by atoms with E-state index in [0.29, 0.717) is 0 Å². The number of ether oxygens (including phenoxy) is 1. The fourth-order valence-electron chi connectivity index (χ4n) is 1.16. The van der Waals surface area contributed by atoms with Crippen molar-refractivity contribution in [2.45, 2.75) is 6.54 Å². The molecule has 0 heterocycles. The van der Waals surface area contributed by atoms with E-state index in [1.165, 1.54) is 6.07 Å². The van der Waals surface area contributed by atoms with Gasteiger partial charge in [0.25, 0.3) is 0 Å². The minimum absolute atomic E-state index is 0.0780. The maximum atomic E-state index is 13.5. The van der Waals surface area contributed by atoms with Gasteiger partial charge in [0, 0.05) is 12.1 Å². The quantitative estimate of drug-likeness (QED) is 0.734. The molecular weight excluding hydrogens is 199 g/mol. The monoisotopic (exact) mass is 208 g/mol. The van der Waals surface area contributed by atoms with Gasteiger partial charge in [-0.1, -0.05) is 0 Å². The number of esters is 1. The molecule has 78 valence electrons. The highest BCUT2D eigenvalue weighted by molar-refractivity contribution is 5.90. The molecule has 1 aromatic rings. The van der Waals surface area contributed by atoms with Crippen molar-refractivity contribution in [2.24, 2.45) is 5.73 Å². The summed E-state index contributed by atoms with van der Waals surface area (Å²) >= 11 is 0. The van der Waals surface area contributed by atoms with E-state index in [-0.39, 0.29) is 23.2 Å². The van der Waals surface area contributed by atoms with Gasteiger partial charge in [0.2, 0.25) is 0 Å². The molecule has 5 heteroatoms. The molecule has 0 unspecified atom stereocenters. The third-order valence-electron chi connectivity index (χ3n) is 1.90. The van der Waals surface area contributed by atoms with Crippen molar-refractivity contribution in [1.82, 2.24) is 0 Å². The number of carbonyl (C=O) groups excluding carboxylic acids is 1. The Bertz CT molecular complexity index is 438. The molecule has 0 radical (unpaired) electrons. The Balaban J connectivity index is 3.38. The number of halogens is 1. The fraction of sp³-hybridized carbons (Fsp3) is 0.200. The van der Waals surface area contributed by atoms with E-state index >= 15 is 0 Å². The van der Waals surface area contributed by atoms with Crippen LogP contribution in [0.15, 0.2) is 12.1 Å². The molecule has 0 bridgehead atoms. The van der Waals surface area contributed by atoms with Crippen LogP contribution in [-0.2, 0) is 11.3 Å². The largest absolute Gasteiger partial charge is 0.465 e. The second-order valence-corrected chi connectivity index (χ2v) is 2.80. The fourth-order valence-corrected chi connectivity index (χ4v) is 1.16. The Morgan fingerprint density at radius 3 is 2.80 bits per heavy atom. The van der Waals surface area contributed by atoms with E-state index in [1.54, 1.807) is 0 Å². The summed E-state index contributed by atoms with van der Waals surface area (Å²) in [6, 6.07) is 4.26. The second kappa shape index (κ2) is 4.53. The summed E-state index contributed by atoms with van der Waals surface area (Å²) in [6.07, 6.45) is 0. The molecule has 0 aromatic heterocycles. The van der Waals surface area contributed by atoms with Crippen molar-refractivity contribution >= 4 is 5.97 Å². The first-order valence-electron chi connectivity index (χ1n) is 4.15. The minimum atomic E-state index is -0.820. The molecule has 0 amide bonds. The molecule has 0 spiro atoms. The molecule has 1 aromatic carbocycles. The normalized spacial score (nSPS) is 9.47. The summed E-state index contributed by atoms with van der Waals surface area (Å²) in [6.45, 7) is -0.0780. The predicted molar refractivity (Wildman–Crippen MR) is 50.3 cm³/mol. The van der Waals surface area contributed by atoms with Gasteiger partial charge in [-0.05, 0) is 12.1 Å². The number of rotatable bonds is 2. The van der Waals surface area contributed by atoms with E-state index in [0.717, 1.165) is 13.2 Å². The Kier molecular flexibility index (Phi) is 3.37. The van der Waals surface area contributed by atoms with Crippen LogP contribution in [0.4, 0.5) is 4.39 Å². The lowest BCUT2D eigenvalue weighted by Crippen LogP contribution is -2.10. The number of methoxy groups -OCH3 is 1. The predicted octanol–water partition coefficient (Wildman–Crippen LogP) is 0.943. The van der Waals surface area contributed by atoms with Crippen LogP contribution in [0.5, 0.6) is 0 Å². The average Bonchev–Trinajstić information content (AvgIpc) is 2.28. The molecule has 1 rings (SSSR count). The minimum Gasteiger partial charge on any atom is -0.465 e. The highest BCUT2D eigenvalue weighted by Gasteiger charge is 2.16. The van der Waals surface area contributed by atoms with Crippen molar-refractivity contribution in [3.8, 4) is 6.07 Å². The first-order chi connectivity index (χ1) is 7.13. The number of nitrogens with zero attached hydrogens (tertiary/aromatic N) is 1. The van der Waals surface area contributed by atoms with E-state index in [2.05, 4.69) is 4.74 Å². The van der Waals surface area contributed by atoms with Crippen LogP contribution in [0.3, 0.4) is 0 Å². The molecule has 2 N–H and O–H groups in total. The zero-order valence-electron chi connectivity index (χ0n) is 8.08. The van der Waals surface area contributed by atoms with Crippen LogP contribution in [0.25, 0.3) is 0 Å². The zero-order valence-corrected chi connectivity index (χ0v) is 8.08. The van der Waals surface area contributed by atoms with Crippen LogP contribution in [0.2, 0.25) is 0 Å². The molecular formula is C10H9FN2O2. The summed E-state index contributed by atoms with van der Waals surface area (Å²) in [5.74, 6) is -1.55. The lowest BCUT2D eigenvalue weighted by Gasteiger charge is -2.05. The van der Waals surface area contributed by atoms with Gasteiger partial charge in [0.15, 0.2) is 0 Å². The van der Waals surface area contributed by atoms with Gasteiger partial charge in [0.1, 0.15) is 5.82 Å². The lowest BCUT2D eigenvalue weighted by molar-refractivity contribution is 0.0595. The Morgan fingerprint density at radius 2 is 2.33 bits per heavy atom. The lowest BCUT2D eigenvalue weighted by atomic mass is 10.1. The van der Waals surface area contributed by atoms with Gasteiger partial charge in [-0.15, -0.1) is 0 Å². The van der Waals surface area contributed by atoms with Gasteiger partial charge in [-0.2, -0.15) is 5.26 Å². The van der Waals surface area contributed by atoms with E-state index < -0.39 is 11.8 Å². The summed E-state index contributed by atoms with van der Waals surface area (Å²) in [5, 5.41) is 8.66. The second-order valence-electron chi connectivity index (χ2n) is 2.80. The van der Waals surface area contributed by atoms with Crippen LogP contribution >= 0.6 is 0 Å². The molecule has 4 nitrogen and oxygen atoms in total. The topological polar surface area (TPSA) is 76.1 Å². The molecule has 0 saturated heterocycles. The van der Waals surface area contributed by atoms with Crippen LogP contribution < -0.4 is 5.73 Å². The summed E-state index contributed by atoms with van der Waals surface area (Å²) in [4.78, 5) is 11.2. The van der Waals surface area contributed by atoms with Gasteiger partial charge in [-0.3, -0.25) is 0 Å². The highest BCUT2D eigenvalue weighted by atomic mass is 19.1. The zero-order chi connectivity index (χ0) is 11.4. The number of benzene rings is 1. The van der Waals surface area contributed by atoms with Gasteiger partial charge in [0.05, 0.1) is 24.3 Å². The number of nitriles is 1. The van der Waals surface area contributed by atoms with E-state index in [4.69, 9.17) is 11.0 Å². The number of nitrogens with two attached hydrogens (primary N) is 1. The first kappa shape index (κ1) is 11.1. The van der Waals surface area contributed by atoms with E-state index in [9.17, 15) is 9.18 Å². The third-order valence-corrected chi connectivity index (χ3v) is 1.90. The summed E-state index contributed by atoms with van der Waals surface area (Å²) < 4.78 is 17.9. The molecule has 0 aliphatic carbocycles. The van der Waals surface area contributed by atoms with Crippen LogP contribution in [-0.4, -0.2) is 13.1 Å². The SMILES string of the molecule is COC(=O)c1cc(C#N)cc(CN)c1F. The Morgan fingerprint density at radius 1 is 1.67 bits per heavy atom. The molecule has 0 saturated carbocycles. The van der Waals surface area contributed by atoms with Crippen molar-refractivity contribution in [3.63, 3.8) is 0 Å². The van der Waals surface area contributed by atoms with Crippen LogP contribution in [0.1, 0.15) is 21.5 Å². The third kappa shape index (κ3) is 2.11. The smallest absolute Gasteiger partial charge is 0.340 e. The van der Waals surface area contributed by atoms with Crippen LogP contribution in [0, 0.1) is 17.1 Å². The van der Waals surface area contributed by atoms with Gasteiger partial charge >= 0.3 is 5.97 Å². The van der Waals surface area contributed by atoms with Crippen molar-refractivity contribution < 1.29 is 13.9 Å². The number of hydrogen-bond donors (Lipinski definition) is 1. The maximum Gasteiger partial charge on any atom is 0.340 e. The first-order valence-corrected chi connectivity index (χ1v) is 4.15. The Hall–Kier alpha value is -1.93. The van der Waals surface area contributed by atoms with Crippen molar-refractivity contribution in [3.05, 3.63) is 34.6 Å². The summed E-state index contributed by atoms with van der Waals surface area (Å²) in [5.41, 5.74) is 5.31. The van der Waals surface area contributed by atoms with Gasteiger partial charge < -0.3 is 10.5 Å². The molecule has 0 atom stereocenters. The molecule has 0 fully saturated rings. The van der Waals surface area contributed by atoms with Crippen molar-refractivity contribution in [2.75, 3.05) is 7.11 Å². The van der Waals surface area contributed by atoms with E-state index in [1.807, 2.05) is 6.07 Å². The Labute approximate surface area is 86.1 Å². The molecule has 15 heavy (non-hydrogen) atoms. The summed E-state index contributed by atoms with van der Waals surface area (Å²) in [7, 11) is 1.14. The maximum absolute atomic E-state index is 13.5. The highest BCUT2D eigenvalue weighted by Crippen LogP contribution is 2.16.